The molecule has 3 aliphatic rings. The second kappa shape index (κ2) is 8.82. The van der Waals surface area contributed by atoms with Crippen LogP contribution in [0.15, 0.2) is 5.38 Å². The van der Waals surface area contributed by atoms with Gasteiger partial charge < -0.3 is 14.5 Å². The Morgan fingerprint density at radius 2 is 1.86 bits per heavy atom. The third-order valence-electron chi connectivity index (χ3n) is 6.33. The van der Waals surface area contributed by atoms with E-state index in [-0.39, 0.29) is 12.0 Å². The minimum Gasteiger partial charge on any atom is -0.450 e. The lowest BCUT2D eigenvalue weighted by Gasteiger charge is -2.43. The molecule has 1 aromatic heterocycles. The first-order valence-electron chi connectivity index (χ1n) is 10.7. The molecule has 2 fully saturated rings. The van der Waals surface area contributed by atoms with E-state index in [9.17, 15) is 9.59 Å². The smallest absolute Gasteiger partial charge is 0.409 e. The second-order valence-corrected chi connectivity index (χ2v) is 8.99. The van der Waals surface area contributed by atoms with E-state index in [1.807, 2.05) is 6.92 Å². The highest BCUT2D eigenvalue weighted by Crippen LogP contribution is 2.31. The Labute approximate surface area is 171 Å². The molecule has 4 rings (SSSR count). The lowest BCUT2D eigenvalue weighted by atomic mass is 9.94. The van der Waals surface area contributed by atoms with Gasteiger partial charge in [0, 0.05) is 55.6 Å². The molecule has 7 heteroatoms. The minimum absolute atomic E-state index is 0.204. The van der Waals surface area contributed by atoms with Crippen molar-refractivity contribution in [2.45, 2.75) is 51.5 Å². The number of piperazine rings is 1. The van der Waals surface area contributed by atoms with Crippen LogP contribution < -0.4 is 0 Å². The Hall–Kier alpha value is -1.60. The fraction of sp³-hybridized carbons (Fsp3) is 0.714. The predicted octanol–water partition coefficient (Wildman–Crippen LogP) is 3.01. The van der Waals surface area contributed by atoms with Gasteiger partial charge in [-0.1, -0.05) is 0 Å². The molecular weight excluding hydrogens is 374 g/mol. The maximum atomic E-state index is 13.2. The summed E-state index contributed by atoms with van der Waals surface area (Å²) >= 11 is 1.77. The number of carbonyl (C=O) groups is 2. The zero-order valence-corrected chi connectivity index (χ0v) is 17.6. The number of hydrogen-bond donors (Lipinski definition) is 0. The molecule has 0 spiro atoms. The fourth-order valence-corrected chi connectivity index (χ4v) is 5.88. The van der Waals surface area contributed by atoms with Crippen LogP contribution in [0.25, 0.3) is 0 Å². The van der Waals surface area contributed by atoms with E-state index >= 15 is 0 Å². The van der Waals surface area contributed by atoms with Crippen molar-refractivity contribution in [1.29, 1.82) is 0 Å². The van der Waals surface area contributed by atoms with Gasteiger partial charge in [0.25, 0.3) is 5.91 Å². The summed E-state index contributed by atoms with van der Waals surface area (Å²) in [5, 5.41) is 2.10. The van der Waals surface area contributed by atoms with Crippen LogP contribution in [0, 0.1) is 0 Å². The Bertz CT molecular complexity index is 712. The van der Waals surface area contributed by atoms with Gasteiger partial charge in [0.2, 0.25) is 0 Å². The third-order valence-corrected chi connectivity index (χ3v) is 7.42. The van der Waals surface area contributed by atoms with Gasteiger partial charge in [-0.05, 0) is 51.0 Å². The normalized spacial score (nSPS) is 23.4. The molecule has 1 aliphatic carbocycles. The number of likely N-dealkylation sites (tertiary alicyclic amines) is 1. The van der Waals surface area contributed by atoms with E-state index in [0.29, 0.717) is 25.7 Å². The first kappa shape index (κ1) is 19.7. The van der Waals surface area contributed by atoms with E-state index in [1.54, 1.807) is 16.2 Å². The maximum absolute atomic E-state index is 13.2. The maximum Gasteiger partial charge on any atom is 0.409 e. The van der Waals surface area contributed by atoms with Crippen LogP contribution >= 0.6 is 11.3 Å². The molecular formula is C21H31N3O3S. The van der Waals surface area contributed by atoms with Crippen molar-refractivity contribution in [2.75, 3.05) is 45.9 Å². The first-order chi connectivity index (χ1) is 13.7. The van der Waals surface area contributed by atoms with Gasteiger partial charge in [-0.25, -0.2) is 4.79 Å². The summed E-state index contributed by atoms with van der Waals surface area (Å²) in [6.07, 6.45) is 6.64. The van der Waals surface area contributed by atoms with Crippen LogP contribution in [0.5, 0.6) is 0 Å². The lowest BCUT2D eigenvalue weighted by molar-refractivity contribution is 0.0377. The molecule has 6 nitrogen and oxygen atoms in total. The first-order valence-corrected chi connectivity index (χ1v) is 11.6. The number of hydrogen-bond acceptors (Lipinski definition) is 5. The molecule has 3 heterocycles. The SMILES string of the molecule is CCOC(=O)N1CCN([C@H]2CCCN(C(=O)c3csc4c3CCCC4)C2)CC1. The number of rotatable bonds is 3. The topological polar surface area (TPSA) is 53.1 Å². The number of ether oxygens (including phenoxy) is 1. The van der Waals surface area contributed by atoms with E-state index in [0.717, 1.165) is 57.4 Å². The molecule has 0 saturated carbocycles. The summed E-state index contributed by atoms with van der Waals surface area (Å²) in [6, 6.07) is 0.400. The Kier molecular flexibility index (Phi) is 6.21. The highest BCUT2D eigenvalue weighted by atomic mass is 32.1. The number of piperidine rings is 1. The molecule has 2 saturated heterocycles. The van der Waals surface area contributed by atoms with Crippen LogP contribution in [0.4, 0.5) is 4.79 Å². The van der Waals surface area contributed by atoms with Crippen LogP contribution in [0.3, 0.4) is 0 Å². The standard InChI is InChI=1S/C21H31N3O3S/c1-2-27-21(26)23-12-10-22(11-13-23)16-6-5-9-24(14-16)20(25)18-15-28-19-8-4-3-7-17(18)19/h15-16H,2-14H2,1H3/t16-/m0/s1. The minimum atomic E-state index is -0.204. The average molecular weight is 406 g/mol. The van der Waals surface area contributed by atoms with Gasteiger partial charge in [0.15, 0.2) is 0 Å². The molecule has 0 aromatic carbocycles. The third kappa shape index (κ3) is 4.06. The number of amides is 2. The van der Waals surface area contributed by atoms with Crippen LogP contribution in [0.1, 0.15) is 53.4 Å². The Morgan fingerprint density at radius 1 is 1.07 bits per heavy atom. The Balaban J connectivity index is 1.35. The summed E-state index contributed by atoms with van der Waals surface area (Å²) in [5.74, 6) is 0.231. The van der Waals surface area contributed by atoms with Gasteiger partial charge in [-0.15, -0.1) is 11.3 Å². The second-order valence-electron chi connectivity index (χ2n) is 8.03. The monoisotopic (exact) mass is 405 g/mol. The number of thiophene rings is 1. The van der Waals surface area contributed by atoms with E-state index in [2.05, 4.69) is 15.2 Å². The van der Waals surface area contributed by atoms with Gasteiger partial charge >= 0.3 is 6.09 Å². The summed E-state index contributed by atoms with van der Waals surface area (Å²) in [5.41, 5.74) is 2.29. The highest BCUT2D eigenvalue weighted by molar-refractivity contribution is 7.10. The number of fused-ring (bicyclic) bond motifs is 1. The molecule has 154 valence electrons. The van der Waals surface area contributed by atoms with Crippen molar-refractivity contribution in [1.82, 2.24) is 14.7 Å². The molecule has 1 aromatic rings. The van der Waals surface area contributed by atoms with Crippen molar-refractivity contribution < 1.29 is 14.3 Å². The summed E-state index contributed by atoms with van der Waals surface area (Å²) < 4.78 is 5.11. The van der Waals surface area contributed by atoms with Crippen LogP contribution in [-0.2, 0) is 17.6 Å². The van der Waals surface area contributed by atoms with Gasteiger partial charge in [-0.3, -0.25) is 9.69 Å². The molecule has 1 atom stereocenters. The van der Waals surface area contributed by atoms with Gasteiger partial charge in [0.1, 0.15) is 0 Å². The molecule has 0 N–H and O–H groups in total. The summed E-state index contributed by atoms with van der Waals surface area (Å²) in [4.78, 5) is 32.9. The molecule has 0 bridgehead atoms. The highest BCUT2D eigenvalue weighted by Gasteiger charge is 2.32. The van der Waals surface area contributed by atoms with Crippen molar-refractivity contribution >= 4 is 23.3 Å². The molecule has 28 heavy (non-hydrogen) atoms. The lowest BCUT2D eigenvalue weighted by Crippen LogP contribution is -2.56. The molecule has 0 unspecified atom stereocenters. The van der Waals surface area contributed by atoms with Crippen LogP contribution in [-0.4, -0.2) is 78.6 Å². The zero-order valence-electron chi connectivity index (χ0n) is 16.8. The summed E-state index contributed by atoms with van der Waals surface area (Å²) in [7, 11) is 0. The van der Waals surface area contributed by atoms with Crippen LogP contribution in [0.2, 0.25) is 0 Å². The van der Waals surface area contributed by atoms with E-state index < -0.39 is 0 Å². The molecule has 2 aliphatic heterocycles. The van der Waals surface area contributed by atoms with E-state index in [1.165, 1.54) is 23.3 Å². The number of nitrogens with zero attached hydrogens (tertiary/aromatic N) is 3. The summed E-state index contributed by atoms with van der Waals surface area (Å²) in [6.45, 7) is 7.07. The molecule has 2 amide bonds. The fourth-order valence-electron chi connectivity index (χ4n) is 4.77. The van der Waals surface area contributed by atoms with E-state index in [4.69, 9.17) is 4.74 Å². The Morgan fingerprint density at radius 3 is 2.64 bits per heavy atom. The molecule has 0 radical (unpaired) electrons. The number of carbonyl (C=O) groups excluding carboxylic acids is 2. The van der Waals surface area contributed by atoms with Crippen molar-refractivity contribution in [3.05, 3.63) is 21.4 Å². The zero-order chi connectivity index (χ0) is 19.5. The average Bonchev–Trinajstić information content (AvgIpc) is 3.18. The quantitative estimate of drug-likeness (QED) is 0.776. The van der Waals surface area contributed by atoms with Crippen molar-refractivity contribution in [3.63, 3.8) is 0 Å². The largest absolute Gasteiger partial charge is 0.450 e. The predicted molar refractivity (Wildman–Crippen MR) is 110 cm³/mol. The van der Waals surface area contributed by atoms with Gasteiger partial charge in [-0.2, -0.15) is 0 Å². The van der Waals surface area contributed by atoms with Gasteiger partial charge in [0.05, 0.1) is 12.2 Å². The number of aryl methyl sites for hydroxylation is 1. The van der Waals surface area contributed by atoms with Crippen molar-refractivity contribution in [3.8, 4) is 0 Å². The van der Waals surface area contributed by atoms with Crippen molar-refractivity contribution in [2.24, 2.45) is 0 Å².